The number of alkyl halides is 1. The van der Waals surface area contributed by atoms with Gasteiger partial charge < -0.3 is 10.0 Å². The molecule has 4 nitrogen and oxygen atoms in total. The van der Waals surface area contributed by atoms with Crippen LogP contribution in [0.4, 0.5) is 10.2 Å². The van der Waals surface area contributed by atoms with Crippen molar-refractivity contribution in [2.24, 2.45) is 0 Å². The summed E-state index contributed by atoms with van der Waals surface area (Å²) in [6.45, 7) is 0.986. The van der Waals surface area contributed by atoms with Crippen LogP contribution in [0.5, 0.6) is 0 Å². The van der Waals surface area contributed by atoms with Gasteiger partial charge in [-0.2, -0.15) is 0 Å². The maximum atomic E-state index is 12.9. The second-order valence-corrected chi connectivity index (χ2v) is 3.54. The molecule has 0 amide bonds. The van der Waals surface area contributed by atoms with Crippen molar-refractivity contribution in [3.8, 4) is 0 Å². The van der Waals surface area contributed by atoms with E-state index in [-0.39, 0.29) is 5.56 Å². The third-order valence-electron chi connectivity index (χ3n) is 2.45. The third kappa shape index (κ3) is 2.06. The minimum Gasteiger partial charge on any atom is -0.478 e. The minimum atomic E-state index is -1.00. The first-order valence-electron chi connectivity index (χ1n) is 4.75. The number of hydrogen-bond acceptors (Lipinski definition) is 3. The number of anilines is 1. The summed E-state index contributed by atoms with van der Waals surface area (Å²) in [7, 11) is 0. The zero-order valence-electron chi connectivity index (χ0n) is 8.06. The highest BCUT2D eigenvalue weighted by atomic mass is 19.1. The average molecular weight is 210 g/mol. The predicted octanol–water partition coefficient (Wildman–Crippen LogP) is 1.33. The molecule has 1 saturated heterocycles. The maximum Gasteiger partial charge on any atom is 0.337 e. The fraction of sp³-hybridized carbons (Fsp3) is 0.400. The summed E-state index contributed by atoms with van der Waals surface area (Å²) in [6, 6.07) is 3.09. The smallest absolute Gasteiger partial charge is 0.337 e. The molecule has 1 aliphatic heterocycles. The Morgan fingerprint density at radius 1 is 1.60 bits per heavy atom. The van der Waals surface area contributed by atoms with Crippen molar-refractivity contribution < 1.29 is 14.3 Å². The molecular weight excluding hydrogens is 199 g/mol. The highest BCUT2D eigenvalue weighted by Crippen LogP contribution is 2.19. The second-order valence-electron chi connectivity index (χ2n) is 3.54. The molecule has 0 radical (unpaired) electrons. The Morgan fingerprint density at radius 2 is 2.40 bits per heavy atom. The van der Waals surface area contributed by atoms with Crippen molar-refractivity contribution in [1.29, 1.82) is 0 Å². The number of aromatic nitrogens is 1. The Morgan fingerprint density at radius 3 is 2.87 bits per heavy atom. The van der Waals surface area contributed by atoms with Crippen LogP contribution in [0.3, 0.4) is 0 Å². The van der Waals surface area contributed by atoms with Gasteiger partial charge in [0.05, 0.1) is 12.1 Å². The second kappa shape index (κ2) is 3.84. The number of rotatable bonds is 2. The van der Waals surface area contributed by atoms with E-state index in [1.165, 1.54) is 12.3 Å². The molecule has 5 heteroatoms. The van der Waals surface area contributed by atoms with Gasteiger partial charge in [0, 0.05) is 12.7 Å². The zero-order chi connectivity index (χ0) is 10.8. The molecule has 0 spiro atoms. The van der Waals surface area contributed by atoms with E-state index in [4.69, 9.17) is 5.11 Å². The van der Waals surface area contributed by atoms with Gasteiger partial charge in [-0.15, -0.1) is 0 Å². The molecule has 0 saturated carbocycles. The maximum absolute atomic E-state index is 12.9. The number of carbonyl (C=O) groups is 1. The molecule has 15 heavy (non-hydrogen) atoms. The lowest BCUT2D eigenvalue weighted by molar-refractivity contribution is 0.0696. The standard InChI is InChI=1S/C10H11FN2O2/c11-8-3-4-13(6-8)9-2-1-7(5-12-9)10(14)15/h1-2,5,8H,3-4,6H2,(H,14,15)/t8-/m0/s1. The Kier molecular flexibility index (Phi) is 2.53. The molecule has 1 atom stereocenters. The number of nitrogens with zero attached hydrogens (tertiary/aromatic N) is 2. The van der Waals surface area contributed by atoms with Crippen LogP contribution in [-0.4, -0.2) is 35.3 Å². The normalized spacial score (nSPS) is 20.6. The van der Waals surface area contributed by atoms with Gasteiger partial charge >= 0.3 is 5.97 Å². The summed E-state index contributed by atoms with van der Waals surface area (Å²) in [6.07, 6.45) is 1.01. The van der Waals surface area contributed by atoms with Gasteiger partial charge in [0.1, 0.15) is 12.0 Å². The van der Waals surface area contributed by atoms with Crippen LogP contribution in [0, 0.1) is 0 Å². The van der Waals surface area contributed by atoms with E-state index >= 15 is 0 Å². The monoisotopic (exact) mass is 210 g/mol. The average Bonchev–Trinajstić information content (AvgIpc) is 2.65. The molecule has 2 rings (SSSR count). The van der Waals surface area contributed by atoms with E-state index in [1.54, 1.807) is 6.07 Å². The number of carboxylic acid groups (broad SMARTS) is 1. The van der Waals surface area contributed by atoms with Crippen LogP contribution in [-0.2, 0) is 0 Å². The molecule has 2 heterocycles. The van der Waals surface area contributed by atoms with E-state index < -0.39 is 12.1 Å². The van der Waals surface area contributed by atoms with Gasteiger partial charge in [-0.05, 0) is 18.6 Å². The van der Waals surface area contributed by atoms with Gasteiger partial charge in [-0.3, -0.25) is 0 Å². The zero-order valence-corrected chi connectivity index (χ0v) is 8.06. The van der Waals surface area contributed by atoms with E-state index in [9.17, 15) is 9.18 Å². The van der Waals surface area contributed by atoms with Crippen molar-refractivity contribution in [2.45, 2.75) is 12.6 Å². The molecule has 1 aromatic rings. The molecular formula is C10H11FN2O2. The predicted molar refractivity (Wildman–Crippen MR) is 52.9 cm³/mol. The SMILES string of the molecule is O=C(O)c1ccc(N2CC[C@H](F)C2)nc1. The summed E-state index contributed by atoms with van der Waals surface area (Å²) in [5, 5.41) is 8.67. The first kappa shape index (κ1) is 9.89. The third-order valence-corrected chi connectivity index (χ3v) is 2.45. The highest BCUT2D eigenvalue weighted by molar-refractivity contribution is 5.87. The summed E-state index contributed by atoms with van der Waals surface area (Å²) in [5.74, 6) is -0.362. The Hall–Kier alpha value is -1.65. The van der Waals surface area contributed by atoms with Crippen LogP contribution >= 0.6 is 0 Å². The summed E-state index contributed by atoms with van der Waals surface area (Å²) >= 11 is 0. The van der Waals surface area contributed by atoms with E-state index in [0.29, 0.717) is 25.3 Å². The fourth-order valence-corrected chi connectivity index (χ4v) is 1.63. The van der Waals surface area contributed by atoms with Crippen molar-refractivity contribution in [3.05, 3.63) is 23.9 Å². The van der Waals surface area contributed by atoms with Crippen molar-refractivity contribution in [2.75, 3.05) is 18.0 Å². The quantitative estimate of drug-likeness (QED) is 0.800. The van der Waals surface area contributed by atoms with Gasteiger partial charge in [-0.25, -0.2) is 14.2 Å². The molecule has 0 unspecified atom stereocenters. The van der Waals surface area contributed by atoms with Crippen molar-refractivity contribution in [1.82, 2.24) is 4.98 Å². The molecule has 1 aliphatic rings. The number of pyridine rings is 1. The van der Waals surface area contributed by atoms with Crippen LogP contribution in [0.25, 0.3) is 0 Å². The topological polar surface area (TPSA) is 53.4 Å². The van der Waals surface area contributed by atoms with E-state index in [1.807, 2.05) is 4.90 Å². The Balaban J connectivity index is 2.13. The lowest BCUT2D eigenvalue weighted by atomic mass is 10.3. The molecule has 80 valence electrons. The lowest BCUT2D eigenvalue weighted by Gasteiger charge is -2.15. The van der Waals surface area contributed by atoms with Crippen LogP contribution in [0.1, 0.15) is 16.8 Å². The summed E-state index contributed by atoms with van der Waals surface area (Å²) in [5.41, 5.74) is 0.148. The summed E-state index contributed by atoms with van der Waals surface area (Å²) in [4.78, 5) is 16.4. The van der Waals surface area contributed by atoms with Gasteiger partial charge in [0.25, 0.3) is 0 Å². The van der Waals surface area contributed by atoms with Crippen LogP contribution < -0.4 is 4.90 Å². The first-order valence-corrected chi connectivity index (χ1v) is 4.75. The lowest BCUT2D eigenvalue weighted by Crippen LogP contribution is -2.21. The van der Waals surface area contributed by atoms with E-state index in [0.717, 1.165) is 0 Å². The number of aromatic carboxylic acids is 1. The van der Waals surface area contributed by atoms with Gasteiger partial charge in [0.2, 0.25) is 0 Å². The van der Waals surface area contributed by atoms with Crippen LogP contribution in [0.15, 0.2) is 18.3 Å². The summed E-state index contributed by atoms with van der Waals surface area (Å²) < 4.78 is 12.9. The molecule has 0 bridgehead atoms. The molecule has 0 aliphatic carbocycles. The van der Waals surface area contributed by atoms with Crippen LogP contribution in [0.2, 0.25) is 0 Å². The van der Waals surface area contributed by atoms with Crippen molar-refractivity contribution >= 4 is 11.8 Å². The Labute approximate surface area is 86.4 Å². The van der Waals surface area contributed by atoms with Crippen molar-refractivity contribution in [3.63, 3.8) is 0 Å². The first-order chi connectivity index (χ1) is 7.16. The largest absolute Gasteiger partial charge is 0.478 e. The Bertz CT molecular complexity index is 366. The minimum absolute atomic E-state index is 0.148. The van der Waals surface area contributed by atoms with Gasteiger partial charge in [-0.1, -0.05) is 0 Å². The number of halogens is 1. The van der Waals surface area contributed by atoms with E-state index in [2.05, 4.69) is 4.98 Å². The molecule has 1 N–H and O–H groups in total. The fourth-order valence-electron chi connectivity index (χ4n) is 1.63. The van der Waals surface area contributed by atoms with Gasteiger partial charge in [0.15, 0.2) is 0 Å². The molecule has 1 aromatic heterocycles. The highest BCUT2D eigenvalue weighted by Gasteiger charge is 2.22. The number of carboxylic acids is 1. The molecule has 0 aromatic carbocycles. The molecule has 1 fully saturated rings. The number of hydrogen-bond donors (Lipinski definition) is 1.